The number of ether oxygens (including phenoxy) is 1. The summed E-state index contributed by atoms with van der Waals surface area (Å²) in [5, 5.41) is 2.04. The van der Waals surface area contributed by atoms with Crippen LogP contribution in [0.1, 0.15) is 13.3 Å². The predicted molar refractivity (Wildman–Crippen MR) is 48.1 cm³/mol. The minimum absolute atomic E-state index is 0.0909. The van der Waals surface area contributed by atoms with Crippen molar-refractivity contribution in [3.05, 3.63) is 0 Å². The number of carbonyl (C=O) groups is 2. The Morgan fingerprint density at radius 2 is 2.17 bits per heavy atom. The fraction of sp³-hybridized carbons (Fsp3) is 0.714. The molecule has 1 atom stereocenters. The number of carbonyl (C=O) groups excluding carboxylic acids is 2. The molecule has 0 aliphatic carbocycles. The second-order valence-electron chi connectivity index (χ2n) is 2.22. The fourth-order valence-electron chi connectivity index (χ4n) is 0.535. The van der Waals surface area contributed by atoms with E-state index in [1.54, 1.807) is 0 Å². The van der Waals surface area contributed by atoms with Crippen LogP contribution in [0.2, 0.25) is 0 Å². The van der Waals surface area contributed by atoms with E-state index in [4.69, 9.17) is 0 Å². The Kier molecular flexibility index (Phi) is 5.53. The lowest BCUT2D eigenvalue weighted by Gasteiger charge is -2.07. The van der Waals surface area contributed by atoms with Gasteiger partial charge in [-0.1, -0.05) is 6.92 Å². The van der Waals surface area contributed by atoms with Gasteiger partial charge in [-0.2, -0.15) is 12.6 Å². The molecule has 5 heteroatoms. The Labute approximate surface area is 77.1 Å². The summed E-state index contributed by atoms with van der Waals surface area (Å²) in [4.78, 5) is 21.6. The highest BCUT2D eigenvalue weighted by molar-refractivity contribution is 7.81. The van der Waals surface area contributed by atoms with Gasteiger partial charge in [0.2, 0.25) is 5.91 Å². The minimum atomic E-state index is -0.458. The maximum atomic E-state index is 11.0. The highest BCUT2D eigenvalue weighted by Crippen LogP contribution is 1.98. The molecule has 0 fully saturated rings. The first-order chi connectivity index (χ1) is 5.61. The first-order valence-corrected chi connectivity index (χ1v) is 4.16. The van der Waals surface area contributed by atoms with Crippen molar-refractivity contribution in [3.8, 4) is 0 Å². The minimum Gasteiger partial charge on any atom is -0.468 e. The Bertz CT molecular complexity index is 172. The average molecular weight is 191 g/mol. The van der Waals surface area contributed by atoms with Crippen LogP contribution in [0.3, 0.4) is 0 Å². The van der Waals surface area contributed by atoms with Crippen LogP contribution in [0, 0.1) is 0 Å². The molecule has 1 N–H and O–H groups in total. The van der Waals surface area contributed by atoms with Crippen LogP contribution < -0.4 is 5.32 Å². The van der Waals surface area contributed by atoms with Crippen LogP contribution in [0.5, 0.6) is 0 Å². The van der Waals surface area contributed by atoms with E-state index >= 15 is 0 Å². The lowest BCUT2D eigenvalue weighted by atomic mass is 10.3. The lowest BCUT2D eigenvalue weighted by molar-refractivity contribution is -0.141. The Hall–Kier alpha value is -0.710. The molecular weight excluding hydrogens is 178 g/mol. The van der Waals surface area contributed by atoms with Crippen molar-refractivity contribution < 1.29 is 14.3 Å². The maximum absolute atomic E-state index is 11.0. The molecule has 70 valence electrons. The van der Waals surface area contributed by atoms with Crippen molar-refractivity contribution >= 4 is 24.5 Å². The molecule has 0 heterocycles. The summed E-state index contributed by atoms with van der Waals surface area (Å²) in [6.07, 6.45) is 0.635. The van der Waals surface area contributed by atoms with E-state index in [0.29, 0.717) is 6.42 Å². The monoisotopic (exact) mass is 191 g/mol. The Morgan fingerprint density at radius 1 is 1.58 bits per heavy atom. The molecular formula is C7H13NO3S. The first kappa shape index (κ1) is 11.3. The van der Waals surface area contributed by atoms with Crippen molar-refractivity contribution in [2.45, 2.75) is 18.6 Å². The summed E-state index contributed by atoms with van der Waals surface area (Å²) < 4.78 is 4.34. The Balaban J connectivity index is 3.64. The molecule has 0 aromatic carbocycles. The van der Waals surface area contributed by atoms with Gasteiger partial charge in [-0.25, -0.2) is 0 Å². The third kappa shape index (κ3) is 4.23. The normalized spacial score (nSPS) is 11.9. The van der Waals surface area contributed by atoms with E-state index in [-0.39, 0.29) is 17.7 Å². The van der Waals surface area contributed by atoms with Gasteiger partial charge in [-0.15, -0.1) is 0 Å². The van der Waals surface area contributed by atoms with E-state index in [1.807, 2.05) is 6.92 Å². The van der Waals surface area contributed by atoms with Crippen LogP contribution in [0.15, 0.2) is 0 Å². The molecule has 0 aromatic heterocycles. The maximum Gasteiger partial charge on any atom is 0.325 e. The van der Waals surface area contributed by atoms with Gasteiger partial charge in [0.15, 0.2) is 0 Å². The summed E-state index contributed by atoms with van der Waals surface area (Å²) in [5.74, 6) is -0.703. The Morgan fingerprint density at radius 3 is 2.58 bits per heavy atom. The van der Waals surface area contributed by atoms with Crippen LogP contribution in [-0.2, 0) is 14.3 Å². The molecule has 0 saturated heterocycles. The van der Waals surface area contributed by atoms with Crippen LogP contribution >= 0.6 is 12.6 Å². The SMILES string of the molecule is CCC(S)C(=O)NCC(=O)OC. The van der Waals surface area contributed by atoms with E-state index < -0.39 is 5.97 Å². The zero-order valence-corrected chi connectivity index (χ0v) is 8.06. The summed E-state index contributed by atoms with van der Waals surface area (Å²) >= 11 is 3.99. The molecule has 0 bridgehead atoms. The zero-order valence-electron chi connectivity index (χ0n) is 7.16. The van der Waals surface area contributed by atoms with Crippen LogP contribution in [-0.4, -0.2) is 30.8 Å². The molecule has 0 spiro atoms. The second-order valence-corrected chi connectivity index (χ2v) is 2.84. The van der Waals surface area contributed by atoms with E-state index in [0.717, 1.165) is 0 Å². The molecule has 0 rings (SSSR count). The molecule has 0 aliphatic heterocycles. The third-order valence-electron chi connectivity index (χ3n) is 1.32. The van der Waals surface area contributed by atoms with Crippen molar-refractivity contribution in [2.75, 3.05) is 13.7 Å². The van der Waals surface area contributed by atoms with Gasteiger partial charge in [0.1, 0.15) is 6.54 Å². The number of hydrogen-bond acceptors (Lipinski definition) is 4. The highest BCUT2D eigenvalue weighted by Gasteiger charge is 2.11. The number of hydrogen-bond donors (Lipinski definition) is 2. The van der Waals surface area contributed by atoms with E-state index in [2.05, 4.69) is 22.7 Å². The number of methoxy groups -OCH3 is 1. The predicted octanol–water partition coefficient (Wildman–Crippen LogP) is -0.0160. The molecule has 1 unspecified atom stereocenters. The standard InChI is InChI=1S/C7H13NO3S/c1-3-5(12)7(10)8-4-6(9)11-2/h5,12H,3-4H2,1-2H3,(H,8,10). The van der Waals surface area contributed by atoms with E-state index in [1.165, 1.54) is 7.11 Å². The number of thiol groups is 1. The van der Waals surface area contributed by atoms with Crippen molar-refractivity contribution in [2.24, 2.45) is 0 Å². The topological polar surface area (TPSA) is 55.4 Å². The fourth-order valence-corrected chi connectivity index (χ4v) is 0.626. The van der Waals surface area contributed by atoms with Crippen molar-refractivity contribution in [1.82, 2.24) is 5.32 Å². The number of rotatable bonds is 4. The summed E-state index contributed by atoms with van der Waals surface area (Å²) in [6.45, 7) is 1.75. The molecule has 0 aliphatic rings. The molecule has 0 aromatic rings. The van der Waals surface area contributed by atoms with Gasteiger partial charge >= 0.3 is 5.97 Å². The number of nitrogens with one attached hydrogen (secondary N) is 1. The van der Waals surface area contributed by atoms with Crippen LogP contribution in [0.4, 0.5) is 0 Å². The number of esters is 1. The lowest BCUT2D eigenvalue weighted by Crippen LogP contribution is -2.35. The smallest absolute Gasteiger partial charge is 0.325 e. The van der Waals surface area contributed by atoms with Crippen molar-refractivity contribution in [1.29, 1.82) is 0 Å². The first-order valence-electron chi connectivity index (χ1n) is 3.64. The van der Waals surface area contributed by atoms with Gasteiger partial charge in [-0.05, 0) is 6.42 Å². The van der Waals surface area contributed by atoms with Gasteiger partial charge in [-0.3, -0.25) is 9.59 Å². The highest BCUT2D eigenvalue weighted by atomic mass is 32.1. The zero-order chi connectivity index (χ0) is 9.56. The molecule has 1 amide bonds. The summed E-state index contributed by atoms with van der Waals surface area (Å²) in [6, 6.07) is 0. The molecule has 4 nitrogen and oxygen atoms in total. The van der Waals surface area contributed by atoms with Gasteiger partial charge in [0.25, 0.3) is 0 Å². The largest absolute Gasteiger partial charge is 0.468 e. The second kappa shape index (κ2) is 5.88. The van der Waals surface area contributed by atoms with Gasteiger partial charge in [0.05, 0.1) is 12.4 Å². The van der Waals surface area contributed by atoms with Crippen molar-refractivity contribution in [3.63, 3.8) is 0 Å². The van der Waals surface area contributed by atoms with Gasteiger partial charge in [0, 0.05) is 0 Å². The number of amides is 1. The van der Waals surface area contributed by atoms with E-state index in [9.17, 15) is 9.59 Å². The molecule has 0 saturated carbocycles. The quantitative estimate of drug-likeness (QED) is 0.485. The van der Waals surface area contributed by atoms with Crippen LogP contribution in [0.25, 0.3) is 0 Å². The third-order valence-corrected chi connectivity index (χ3v) is 1.92. The van der Waals surface area contributed by atoms with Gasteiger partial charge < -0.3 is 10.1 Å². The summed E-state index contributed by atoms with van der Waals surface area (Å²) in [5.41, 5.74) is 0. The average Bonchev–Trinajstić information content (AvgIpc) is 2.11. The molecule has 12 heavy (non-hydrogen) atoms. The molecule has 0 radical (unpaired) electrons. The summed E-state index contributed by atoms with van der Waals surface area (Å²) in [7, 11) is 1.27.